The van der Waals surface area contributed by atoms with Crippen LogP contribution in [0.2, 0.25) is 0 Å². The van der Waals surface area contributed by atoms with Crippen molar-refractivity contribution in [3.8, 4) is 0 Å². The predicted octanol–water partition coefficient (Wildman–Crippen LogP) is 7.26. The van der Waals surface area contributed by atoms with Gasteiger partial charge in [-0.3, -0.25) is 0 Å². The molecule has 3 rings (SSSR count). The lowest BCUT2D eigenvalue weighted by Gasteiger charge is -2.19. The molecule has 0 amide bonds. The fraction of sp³-hybridized carbons (Fsp3) is 0.238. The third-order valence-corrected chi connectivity index (χ3v) is 5.08. The molecule has 0 radical (unpaired) electrons. The summed E-state index contributed by atoms with van der Waals surface area (Å²) in [5.41, 5.74) is 1.28. The van der Waals surface area contributed by atoms with Gasteiger partial charge in [0, 0.05) is 22.0 Å². The smallest absolute Gasteiger partial charge is 0.339 e. The molecule has 0 aliphatic rings. The molecule has 0 spiro atoms. The first-order valence-corrected chi connectivity index (χ1v) is 9.90. The number of nitrogens with one attached hydrogen (secondary N) is 2. The average molecular weight is 465 g/mol. The second kappa shape index (κ2) is 8.82. The van der Waals surface area contributed by atoms with Gasteiger partial charge in [-0.15, -0.1) is 0 Å². The lowest BCUT2D eigenvalue weighted by atomic mass is 9.97. The molecule has 0 fully saturated rings. The van der Waals surface area contributed by atoms with E-state index in [-0.39, 0.29) is 17.7 Å². The Kier molecular flexibility index (Phi) is 6.42. The summed E-state index contributed by atoms with van der Waals surface area (Å²) >= 11 is 3.34. The summed E-state index contributed by atoms with van der Waals surface area (Å²) in [6.07, 6.45) is -2.92. The number of nitrogens with zero attached hydrogens (tertiary/aromatic N) is 2. The maximum Gasteiger partial charge on any atom is 0.421 e. The molecule has 1 unspecified atom stereocenters. The second-order valence-electron chi connectivity index (χ2n) is 6.61. The Hall–Kier alpha value is -2.61. The lowest BCUT2D eigenvalue weighted by Crippen LogP contribution is -2.13. The molecule has 152 valence electrons. The maximum atomic E-state index is 13.5. The number of benzene rings is 2. The molecular formula is C21H20BrF3N4. The monoisotopic (exact) mass is 464 g/mol. The fourth-order valence-corrected chi connectivity index (χ4v) is 3.06. The van der Waals surface area contributed by atoms with Crippen molar-refractivity contribution >= 4 is 39.1 Å². The van der Waals surface area contributed by atoms with Gasteiger partial charge in [-0.1, -0.05) is 48.0 Å². The molecule has 1 heterocycles. The van der Waals surface area contributed by atoms with Gasteiger partial charge in [0.2, 0.25) is 5.95 Å². The van der Waals surface area contributed by atoms with Gasteiger partial charge in [0.15, 0.2) is 0 Å². The summed E-state index contributed by atoms with van der Waals surface area (Å²) in [6, 6.07) is 14.5. The van der Waals surface area contributed by atoms with E-state index in [4.69, 9.17) is 0 Å². The summed E-state index contributed by atoms with van der Waals surface area (Å²) in [6.45, 7) is 4.07. The molecule has 0 bridgehead atoms. The van der Waals surface area contributed by atoms with Gasteiger partial charge in [-0.2, -0.15) is 18.2 Å². The largest absolute Gasteiger partial charge is 0.421 e. The maximum absolute atomic E-state index is 13.5. The van der Waals surface area contributed by atoms with Crippen molar-refractivity contribution < 1.29 is 13.2 Å². The van der Waals surface area contributed by atoms with Gasteiger partial charge in [-0.05, 0) is 48.2 Å². The Morgan fingerprint density at radius 3 is 2.38 bits per heavy atom. The fourth-order valence-electron chi connectivity index (χ4n) is 2.80. The van der Waals surface area contributed by atoms with E-state index in [9.17, 15) is 13.2 Å². The Morgan fingerprint density at radius 1 is 1.03 bits per heavy atom. The van der Waals surface area contributed by atoms with Crippen molar-refractivity contribution in [2.45, 2.75) is 32.4 Å². The van der Waals surface area contributed by atoms with Crippen LogP contribution in [0.25, 0.3) is 0 Å². The molecule has 0 aliphatic carbocycles. The number of halogens is 4. The van der Waals surface area contributed by atoms with E-state index in [1.165, 1.54) is 0 Å². The summed E-state index contributed by atoms with van der Waals surface area (Å²) in [4.78, 5) is 7.96. The highest BCUT2D eigenvalue weighted by Gasteiger charge is 2.35. The van der Waals surface area contributed by atoms with Crippen LogP contribution in [0, 0.1) is 0 Å². The van der Waals surface area contributed by atoms with Crippen molar-refractivity contribution in [2.75, 3.05) is 10.6 Å². The first-order chi connectivity index (χ1) is 13.8. The average Bonchev–Trinajstić information content (AvgIpc) is 2.69. The molecule has 0 saturated carbocycles. The standard InChI is InChI=1S/C21H20BrF3N4/c1-3-13(2)16-6-4-5-7-18(16)28-19-17(21(23,24)25)12-26-20(29-19)27-15-10-8-14(22)9-11-15/h4-13H,3H2,1-2H3,(H2,26,27,28,29). The van der Waals surface area contributed by atoms with E-state index in [0.717, 1.165) is 22.7 Å². The van der Waals surface area contributed by atoms with E-state index in [1.54, 1.807) is 24.3 Å². The van der Waals surface area contributed by atoms with Crippen molar-refractivity contribution in [1.29, 1.82) is 0 Å². The molecule has 0 saturated heterocycles. The Morgan fingerprint density at radius 2 is 1.72 bits per heavy atom. The predicted molar refractivity (Wildman–Crippen MR) is 113 cm³/mol. The van der Waals surface area contributed by atoms with Crippen LogP contribution in [0.4, 0.5) is 36.3 Å². The normalized spacial score (nSPS) is 12.5. The van der Waals surface area contributed by atoms with Crippen molar-refractivity contribution in [2.24, 2.45) is 0 Å². The van der Waals surface area contributed by atoms with Gasteiger partial charge in [0.25, 0.3) is 0 Å². The molecule has 2 N–H and O–H groups in total. The van der Waals surface area contributed by atoms with Crippen molar-refractivity contribution in [3.63, 3.8) is 0 Å². The highest BCUT2D eigenvalue weighted by atomic mass is 79.9. The topological polar surface area (TPSA) is 49.8 Å². The van der Waals surface area contributed by atoms with Crippen LogP contribution in [-0.4, -0.2) is 9.97 Å². The van der Waals surface area contributed by atoms with Crippen LogP contribution in [0.5, 0.6) is 0 Å². The Bertz CT molecular complexity index is 974. The first kappa shape index (κ1) is 21.1. The zero-order chi connectivity index (χ0) is 21.0. The SMILES string of the molecule is CCC(C)c1ccccc1Nc1nc(Nc2ccc(Br)cc2)ncc1C(F)(F)F. The number of hydrogen-bond donors (Lipinski definition) is 2. The van der Waals surface area contributed by atoms with Gasteiger partial charge in [0.05, 0.1) is 0 Å². The minimum absolute atomic E-state index is 0.0730. The zero-order valence-electron chi connectivity index (χ0n) is 15.9. The third-order valence-electron chi connectivity index (χ3n) is 4.55. The third kappa shape index (κ3) is 5.26. The molecule has 0 aliphatic heterocycles. The van der Waals surface area contributed by atoms with Gasteiger partial charge >= 0.3 is 6.18 Å². The molecular weight excluding hydrogens is 445 g/mol. The number of aromatic nitrogens is 2. The lowest BCUT2D eigenvalue weighted by molar-refractivity contribution is -0.137. The molecule has 2 aromatic carbocycles. The quantitative estimate of drug-likeness (QED) is 0.402. The summed E-state index contributed by atoms with van der Waals surface area (Å²) in [5, 5.41) is 5.81. The number of hydrogen-bond acceptors (Lipinski definition) is 4. The molecule has 4 nitrogen and oxygen atoms in total. The first-order valence-electron chi connectivity index (χ1n) is 9.10. The van der Waals surface area contributed by atoms with Crippen LogP contribution >= 0.6 is 15.9 Å². The van der Waals surface area contributed by atoms with Crippen LogP contribution < -0.4 is 10.6 Å². The van der Waals surface area contributed by atoms with E-state index in [0.29, 0.717) is 11.4 Å². The number of anilines is 4. The highest BCUT2D eigenvalue weighted by Crippen LogP contribution is 2.37. The second-order valence-corrected chi connectivity index (χ2v) is 7.52. The van der Waals surface area contributed by atoms with Crippen LogP contribution in [0.15, 0.2) is 59.2 Å². The van der Waals surface area contributed by atoms with Crippen molar-refractivity contribution in [1.82, 2.24) is 9.97 Å². The minimum Gasteiger partial charge on any atom is -0.339 e. The van der Waals surface area contributed by atoms with Crippen LogP contribution in [0.1, 0.15) is 37.3 Å². The van der Waals surface area contributed by atoms with E-state index in [1.807, 2.05) is 38.1 Å². The Labute approximate surface area is 175 Å². The van der Waals surface area contributed by atoms with E-state index in [2.05, 4.69) is 36.5 Å². The summed E-state index contributed by atoms with van der Waals surface area (Å²) in [5.74, 6) is -0.0260. The van der Waals surface area contributed by atoms with E-state index < -0.39 is 11.7 Å². The van der Waals surface area contributed by atoms with Gasteiger partial charge in [-0.25, -0.2) is 4.98 Å². The van der Waals surface area contributed by atoms with Gasteiger partial charge in [0.1, 0.15) is 11.4 Å². The van der Waals surface area contributed by atoms with Gasteiger partial charge < -0.3 is 10.6 Å². The number of para-hydroxylation sites is 1. The van der Waals surface area contributed by atoms with E-state index >= 15 is 0 Å². The molecule has 29 heavy (non-hydrogen) atoms. The van der Waals surface area contributed by atoms with Crippen molar-refractivity contribution in [3.05, 3.63) is 70.3 Å². The molecule has 3 aromatic rings. The zero-order valence-corrected chi connectivity index (χ0v) is 17.5. The number of alkyl halides is 3. The molecule has 8 heteroatoms. The van der Waals surface area contributed by atoms with Crippen LogP contribution in [-0.2, 0) is 6.18 Å². The summed E-state index contributed by atoms with van der Waals surface area (Å²) in [7, 11) is 0. The van der Waals surface area contributed by atoms with Crippen LogP contribution in [0.3, 0.4) is 0 Å². The highest BCUT2D eigenvalue weighted by molar-refractivity contribution is 9.10. The minimum atomic E-state index is -4.58. The molecule has 1 atom stereocenters. The summed E-state index contributed by atoms with van der Waals surface area (Å²) < 4.78 is 41.5. The number of rotatable bonds is 6. The molecule has 1 aromatic heterocycles. The Balaban J connectivity index is 1.98.